The summed E-state index contributed by atoms with van der Waals surface area (Å²) in [5.41, 5.74) is 2.61. The van der Waals surface area contributed by atoms with Crippen LogP contribution >= 0.6 is 0 Å². The van der Waals surface area contributed by atoms with E-state index in [0.717, 1.165) is 10.8 Å². The van der Waals surface area contributed by atoms with Gasteiger partial charge in [-0.1, -0.05) is 30.3 Å². The fraction of sp³-hybridized carbons (Fsp3) is 0. The second-order valence-electron chi connectivity index (χ2n) is 4.26. The van der Waals surface area contributed by atoms with Crippen molar-refractivity contribution in [1.29, 1.82) is 0 Å². The summed E-state index contributed by atoms with van der Waals surface area (Å²) < 4.78 is 0. The summed E-state index contributed by atoms with van der Waals surface area (Å²) in [4.78, 5) is 14.6. The van der Waals surface area contributed by atoms with E-state index in [1.807, 2.05) is 30.3 Å². The summed E-state index contributed by atoms with van der Waals surface area (Å²) in [6.07, 6.45) is 2.81. The zero-order valence-corrected chi connectivity index (χ0v) is 10.8. The van der Waals surface area contributed by atoms with Crippen LogP contribution in [-0.4, -0.2) is 26.5 Å². The van der Waals surface area contributed by atoms with Crippen LogP contribution in [0.5, 0.6) is 5.75 Å². The highest BCUT2D eigenvalue weighted by atomic mass is 16.3. The van der Waals surface area contributed by atoms with Gasteiger partial charge in [0.1, 0.15) is 5.75 Å². The van der Waals surface area contributed by atoms with Gasteiger partial charge < -0.3 is 5.11 Å². The fourth-order valence-electron chi connectivity index (χ4n) is 1.95. The number of phenols is 1. The number of hydrazone groups is 1. The van der Waals surface area contributed by atoms with Gasteiger partial charge in [0.25, 0.3) is 0 Å². The van der Waals surface area contributed by atoms with E-state index in [1.165, 1.54) is 12.4 Å². The zero-order chi connectivity index (χ0) is 14.7. The molecule has 104 valence electrons. The van der Waals surface area contributed by atoms with Crippen molar-refractivity contribution in [3.8, 4) is 5.75 Å². The molecule has 7 nitrogen and oxygen atoms in total. The number of nitrogens with one attached hydrogen (secondary N) is 2. The average molecular weight is 281 g/mol. The van der Waals surface area contributed by atoms with Gasteiger partial charge in [-0.2, -0.15) is 15.2 Å². The lowest BCUT2D eigenvalue weighted by Crippen LogP contribution is -2.13. The van der Waals surface area contributed by atoms with Gasteiger partial charge in [-0.25, -0.2) is 9.89 Å². The number of aromatic nitrogens is 3. The Morgan fingerprint density at radius 2 is 2.10 bits per heavy atom. The van der Waals surface area contributed by atoms with Gasteiger partial charge in [-0.15, -0.1) is 0 Å². The summed E-state index contributed by atoms with van der Waals surface area (Å²) >= 11 is 0. The molecule has 2 aromatic carbocycles. The Labute approximate surface area is 119 Å². The van der Waals surface area contributed by atoms with Gasteiger partial charge in [0, 0.05) is 5.56 Å². The molecule has 0 radical (unpaired) electrons. The molecule has 0 spiro atoms. The molecule has 3 N–H and O–H groups in total. The van der Waals surface area contributed by atoms with E-state index in [4.69, 9.17) is 0 Å². The van der Waals surface area contributed by atoms with Gasteiger partial charge in [0.15, 0.2) is 5.82 Å². The Balaban J connectivity index is 1.92. The van der Waals surface area contributed by atoms with Crippen molar-refractivity contribution < 1.29 is 5.11 Å². The number of fused-ring (bicyclic) bond motifs is 1. The van der Waals surface area contributed by atoms with Crippen molar-refractivity contribution in [1.82, 2.24) is 15.2 Å². The molecule has 0 aliphatic carbocycles. The van der Waals surface area contributed by atoms with E-state index in [2.05, 4.69) is 25.7 Å². The van der Waals surface area contributed by atoms with E-state index >= 15 is 0 Å². The normalized spacial score (nSPS) is 11.0. The van der Waals surface area contributed by atoms with Crippen LogP contribution in [0.15, 0.2) is 52.5 Å². The second kappa shape index (κ2) is 5.41. The predicted octanol–water partition coefficient (Wildman–Crippen LogP) is 1.47. The largest absolute Gasteiger partial charge is 0.507 e. The molecule has 21 heavy (non-hydrogen) atoms. The monoisotopic (exact) mass is 281 g/mol. The highest BCUT2D eigenvalue weighted by molar-refractivity contribution is 6.02. The van der Waals surface area contributed by atoms with Crippen molar-refractivity contribution >= 4 is 22.8 Å². The summed E-state index contributed by atoms with van der Waals surface area (Å²) in [7, 11) is 0. The molecule has 0 saturated heterocycles. The molecule has 0 aliphatic rings. The topological polar surface area (TPSA) is 103 Å². The van der Waals surface area contributed by atoms with Gasteiger partial charge in [-0.3, -0.25) is 5.43 Å². The minimum Gasteiger partial charge on any atom is -0.507 e. The van der Waals surface area contributed by atoms with Gasteiger partial charge in [0.2, 0.25) is 0 Å². The molecule has 3 rings (SSSR count). The van der Waals surface area contributed by atoms with Crippen LogP contribution in [0, 0.1) is 0 Å². The minimum absolute atomic E-state index is 0.122. The minimum atomic E-state index is -0.566. The lowest BCUT2D eigenvalue weighted by Gasteiger charge is -2.04. The summed E-state index contributed by atoms with van der Waals surface area (Å²) in [5.74, 6) is 0.339. The number of hydrogen-bond acceptors (Lipinski definition) is 6. The van der Waals surface area contributed by atoms with E-state index < -0.39 is 5.69 Å². The van der Waals surface area contributed by atoms with Crippen LogP contribution in [0.3, 0.4) is 0 Å². The number of anilines is 1. The summed E-state index contributed by atoms with van der Waals surface area (Å²) in [6.45, 7) is 0. The Morgan fingerprint density at radius 3 is 2.95 bits per heavy atom. The number of nitrogens with zero attached hydrogens (tertiary/aromatic N) is 3. The van der Waals surface area contributed by atoms with Crippen molar-refractivity contribution in [2.75, 3.05) is 5.43 Å². The predicted molar refractivity (Wildman–Crippen MR) is 79.5 cm³/mol. The quantitative estimate of drug-likeness (QED) is 0.498. The fourth-order valence-corrected chi connectivity index (χ4v) is 1.95. The average Bonchev–Trinajstić information content (AvgIpc) is 2.50. The number of hydrogen-bond donors (Lipinski definition) is 3. The number of aromatic hydroxyl groups is 1. The van der Waals surface area contributed by atoms with Crippen LogP contribution < -0.4 is 11.1 Å². The molecule has 0 bridgehead atoms. The molecule has 1 aromatic heterocycles. The maximum absolute atomic E-state index is 11.0. The number of aromatic amines is 1. The maximum atomic E-state index is 11.0. The van der Waals surface area contributed by atoms with E-state index in [9.17, 15) is 9.90 Å². The lowest BCUT2D eigenvalue weighted by molar-refractivity contribution is 0.475. The molecular formula is C14H11N5O2. The lowest BCUT2D eigenvalue weighted by atomic mass is 10.0. The number of rotatable bonds is 3. The van der Waals surface area contributed by atoms with E-state index in [-0.39, 0.29) is 11.6 Å². The molecule has 3 aromatic rings. The van der Waals surface area contributed by atoms with Gasteiger partial charge in [-0.05, 0) is 16.8 Å². The highest BCUT2D eigenvalue weighted by Crippen LogP contribution is 2.25. The molecule has 0 amide bonds. The van der Waals surface area contributed by atoms with Crippen molar-refractivity contribution in [2.24, 2.45) is 5.10 Å². The molecule has 0 fully saturated rings. The third-order valence-electron chi connectivity index (χ3n) is 2.89. The smallest absolute Gasteiger partial charge is 0.363 e. The molecular weight excluding hydrogens is 270 g/mol. The first-order valence-electron chi connectivity index (χ1n) is 6.15. The highest BCUT2D eigenvalue weighted by Gasteiger charge is 2.04. The molecule has 7 heteroatoms. The standard InChI is InChI=1S/C14H11N5O2/c20-12-6-5-9-3-1-2-4-10(9)11(12)7-15-18-13-8-16-19-14(21)17-13/h1-8,20H,(H2,17,18,19,21). The number of phenolic OH excluding ortho intramolecular Hbond substituents is 1. The Kier molecular flexibility index (Phi) is 3.30. The Morgan fingerprint density at radius 1 is 1.24 bits per heavy atom. The number of benzene rings is 2. The summed E-state index contributed by atoms with van der Waals surface area (Å²) in [6, 6.07) is 11.1. The third kappa shape index (κ3) is 2.71. The Hall–Kier alpha value is -3.22. The van der Waals surface area contributed by atoms with E-state index in [0.29, 0.717) is 5.56 Å². The SMILES string of the molecule is O=c1nc(NN=Cc2c(O)ccc3ccccc23)cn[nH]1. The second-order valence-corrected chi connectivity index (χ2v) is 4.26. The van der Waals surface area contributed by atoms with Crippen LogP contribution in [0.4, 0.5) is 5.82 Å². The van der Waals surface area contributed by atoms with Gasteiger partial charge >= 0.3 is 5.69 Å². The van der Waals surface area contributed by atoms with Crippen LogP contribution in [0.1, 0.15) is 5.56 Å². The first-order valence-corrected chi connectivity index (χ1v) is 6.15. The van der Waals surface area contributed by atoms with Crippen molar-refractivity contribution in [3.05, 3.63) is 58.6 Å². The van der Waals surface area contributed by atoms with Gasteiger partial charge in [0.05, 0.1) is 12.4 Å². The summed E-state index contributed by atoms with van der Waals surface area (Å²) in [5, 5.41) is 21.5. The molecule has 0 aliphatic heterocycles. The molecule has 0 unspecified atom stereocenters. The molecule has 0 saturated carbocycles. The van der Waals surface area contributed by atoms with Crippen molar-refractivity contribution in [3.63, 3.8) is 0 Å². The van der Waals surface area contributed by atoms with Crippen molar-refractivity contribution in [2.45, 2.75) is 0 Å². The van der Waals surface area contributed by atoms with Crippen LogP contribution in [-0.2, 0) is 0 Å². The Bertz CT molecular complexity index is 872. The first kappa shape index (κ1) is 12.8. The number of H-pyrrole nitrogens is 1. The van der Waals surface area contributed by atoms with E-state index in [1.54, 1.807) is 6.07 Å². The van der Waals surface area contributed by atoms with Crippen LogP contribution in [0.25, 0.3) is 10.8 Å². The molecule has 0 atom stereocenters. The van der Waals surface area contributed by atoms with Crippen LogP contribution in [0.2, 0.25) is 0 Å². The maximum Gasteiger partial charge on any atom is 0.363 e. The first-order chi connectivity index (χ1) is 10.2. The third-order valence-corrected chi connectivity index (χ3v) is 2.89. The zero-order valence-electron chi connectivity index (χ0n) is 10.8. The molecule has 1 heterocycles.